The second kappa shape index (κ2) is 6.19. The highest BCUT2D eigenvalue weighted by molar-refractivity contribution is 14.1. The Kier molecular flexibility index (Phi) is 4.26. The van der Waals surface area contributed by atoms with Crippen LogP contribution in [0.15, 0.2) is 24.3 Å². The summed E-state index contributed by atoms with van der Waals surface area (Å²) in [6.45, 7) is 2.30. The molecule has 2 heterocycles. The summed E-state index contributed by atoms with van der Waals surface area (Å²) in [5, 5.41) is 0. The zero-order valence-corrected chi connectivity index (χ0v) is 15.9. The molecule has 2 bridgehead atoms. The Morgan fingerprint density at radius 1 is 1.40 bits per heavy atom. The molecule has 1 aromatic rings. The van der Waals surface area contributed by atoms with Gasteiger partial charge >= 0.3 is 5.97 Å². The molecular formula is C18H19FINO4. The van der Waals surface area contributed by atoms with Crippen molar-refractivity contribution >= 4 is 34.5 Å². The number of piperidine rings is 1. The zero-order valence-electron chi connectivity index (χ0n) is 13.8. The van der Waals surface area contributed by atoms with Crippen LogP contribution in [-0.2, 0) is 25.5 Å². The SMILES string of the molecule is CC(=O)O[C@]12CN(C(=O)Cc3ccc(F)cc3)C[C@@H]3C[C@H](O1)[C@H](I)[C@@H]32. The number of benzene rings is 1. The summed E-state index contributed by atoms with van der Waals surface area (Å²) in [4.78, 5) is 26.1. The number of esters is 1. The number of alkyl halides is 1. The van der Waals surface area contributed by atoms with E-state index in [1.54, 1.807) is 17.0 Å². The number of nitrogens with zero attached hydrogens (tertiary/aromatic N) is 1. The summed E-state index contributed by atoms with van der Waals surface area (Å²) in [7, 11) is 0. The quantitative estimate of drug-likeness (QED) is 0.396. The average Bonchev–Trinajstić information content (AvgIpc) is 2.98. The van der Waals surface area contributed by atoms with Gasteiger partial charge in [0, 0.05) is 23.3 Å². The number of rotatable bonds is 3. The predicted molar refractivity (Wildman–Crippen MR) is 95.5 cm³/mol. The molecule has 134 valence electrons. The number of likely N-dealkylation sites (tertiary alicyclic amines) is 1. The highest BCUT2D eigenvalue weighted by Gasteiger charge is 2.67. The fraction of sp³-hybridized carbons (Fsp3) is 0.556. The van der Waals surface area contributed by atoms with E-state index in [9.17, 15) is 14.0 Å². The van der Waals surface area contributed by atoms with E-state index in [0.717, 1.165) is 12.0 Å². The largest absolute Gasteiger partial charge is 0.431 e. The smallest absolute Gasteiger partial charge is 0.305 e. The molecule has 0 radical (unpaired) electrons. The van der Waals surface area contributed by atoms with Crippen LogP contribution in [0.25, 0.3) is 0 Å². The van der Waals surface area contributed by atoms with Crippen molar-refractivity contribution in [3.63, 3.8) is 0 Å². The van der Waals surface area contributed by atoms with E-state index in [0.29, 0.717) is 10.5 Å². The summed E-state index contributed by atoms with van der Waals surface area (Å²) in [5.74, 6) is -1.35. The Labute approximate surface area is 159 Å². The maximum atomic E-state index is 13.0. The van der Waals surface area contributed by atoms with E-state index in [4.69, 9.17) is 9.47 Å². The first-order valence-corrected chi connectivity index (χ1v) is 9.66. The third kappa shape index (κ3) is 2.95. The van der Waals surface area contributed by atoms with Crippen LogP contribution < -0.4 is 0 Å². The molecule has 0 spiro atoms. The average molecular weight is 459 g/mol. The molecule has 1 aliphatic carbocycles. The number of halogens is 2. The second-order valence-corrected chi connectivity index (χ2v) is 8.54. The Morgan fingerprint density at radius 3 is 2.76 bits per heavy atom. The van der Waals surface area contributed by atoms with Crippen LogP contribution in [0.3, 0.4) is 0 Å². The number of carbonyl (C=O) groups is 2. The van der Waals surface area contributed by atoms with Crippen LogP contribution in [0.1, 0.15) is 18.9 Å². The van der Waals surface area contributed by atoms with E-state index in [1.807, 2.05) is 0 Å². The summed E-state index contributed by atoms with van der Waals surface area (Å²) in [6, 6.07) is 5.95. The lowest BCUT2D eigenvalue weighted by atomic mass is 9.83. The first-order valence-electron chi connectivity index (χ1n) is 8.42. The van der Waals surface area contributed by atoms with Gasteiger partial charge in [0.2, 0.25) is 11.7 Å². The molecule has 25 heavy (non-hydrogen) atoms. The molecular weight excluding hydrogens is 440 g/mol. The number of fused-ring (bicyclic) bond motifs is 1. The topological polar surface area (TPSA) is 55.8 Å². The fourth-order valence-corrected chi connectivity index (χ4v) is 6.08. The van der Waals surface area contributed by atoms with Crippen molar-refractivity contribution < 1.29 is 23.5 Å². The third-order valence-corrected chi connectivity index (χ3v) is 6.98. The summed E-state index contributed by atoms with van der Waals surface area (Å²) in [5.41, 5.74) is 0.764. The van der Waals surface area contributed by atoms with Crippen LogP contribution in [0.4, 0.5) is 4.39 Å². The van der Waals surface area contributed by atoms with Gasteiger partial charge in [-0.3, -0.25) is 9.59 Å². The number of hydrogen-bond donors (Lipinski definition) is 0. The molecule has 0 unspecified atom stereocenters. The van der Waals surface area contributed by atoms with Crippen LogP contribution >= 0.6 is 22.6 Å². The maximum absolute atomic E-state index is 13.0. The van der Waals surface area contributed by atoms with E-state index >= 15 is 0 Å². The van der Waals surface area contributed by atoms with E-state index in [2.05, 4.69) is 22.6 Å². The van der Waals surface area contributed by atoms with Gasteiger partial charge in [-0.05, 0) is 30.0 Å². The van der Waals surface area contributed by atoms with E-state index in [1.165, 1.54) is 19.1 Å². The molecule has 0 aromatic heterocycles. The first-order chi connectivity index (χ1) is 11.9. The molecule has 2 saturated heterocycles. The molecule has 3 fully saturated rings. The van der Waals surface area contributed by atoms with Gasteiger partial charge in [0.1, 0.15) is 5.82 Å². The highest BCUT2D eigenvalue weighted by atomic mass is 127. The van der Waals surface area contributed by atoms with Crippen molar-refractivity contribution in [1.29, 1.82) is 0 Å². The van der Waals surface area contributed by atoms with Crippen LogP contribution in [0.5, 0.6) is 0 Å². The van der Waals surface area contributed by atoms with Gasteiger partial charge < -0.3 is 14.4 Å². The molecule has 5 nitrogen and oxygen atoms in total. The van der Waals surface area contributed by atoms with Crippen LogP contribution in [0.2, 0.25) is 0 Å². The lowest BCUT2D eigenvalue weighted by molar-refractivity contribution is -0.277. The number of amides is 1. The van der Waals surface area contributed by atoms with Crippen LogP contribution in [0, 0.1) is 17.7 Å². The van der Waals surface area contributed by atoms with Gasteiger partial charge in [0.15, 0.2) is 0 Å². The maximum Gasteiger partial charge on any atom is 0.305 e. The van der Waals surface area contributed by atoms with E-state index in [-0.39, 0.29) is 48.6 Å². The van der Waals surface area contributed by atoms with E-state index < -0.39 is 5.79 Å². The molecule has 5 atom stereocenters. The van der Waals surface area contributed by atoms with Gasteiger partial charge in [-0.1, -0.05) is 34.7 Å². The minimum absolute atomic E-state index is 0.0551. The number of carbonyl (C=O) groups excluding carboxylic acids is 2. The van der Waals surface area contributed by atoms with Gasteiger partial charge in [-0.25, -0.2) is 4.39 Å². The molecule has 2 aliphatic heterocycles. The molecule has 3 aliphatic rings. The Bertz CT molecular complexity index is 712. The normalized spacial score (nSPS) is 35.7. The number of hydrogen-bond acceptors (Lipinski definition) is 4. The zero-order chi connectivity index (χ0) is 17.8. The Morgan fingerprint density at radius 2 is 2.12 bits per heavy atom. The predicted octanol–water partition coefficient (Wildman–Crippen LogP) is 2.31. The third-order valence-electron chi connectivity index (χ3n) is 5.40. The van der Waals surface area contributed by atoms with Gasteiger partial charge in [-0.15, -0.1) is 0 Å². The van der Waals surface area contributed by atoms with Gasteiger partial charge in [0.25, 0.3) is 0 Å². The second-order valence-electron chi connectivity index (χ2n) is 7.11. The van der Waals surface area contributed by atoms with Crippen molar-refractivity contribution in [3.8, 4) is 0 Å². The molecule has 7 heteroatoms. The molecule has 1 saturated carbocycles. The van der Waals surface area contributed by atoms with Crippen molar-refractivity contribution in [3.05, 3.63) is 35.6 Å². The molecule has 0 N–H and O–H groups in total. The Hall–Kier alpha value is -1.22. The Balaban J connectivity index is 1.53. The standard InChI is InChI=1S/C18H19FINO4/c1-10(22)24-18-9-21(8-12-7-14(25-18)17(20)16(12)18)15(23)6-11-2-4-13(19)5-3-11/h2-5,12,14,16-17H,6-9H2,1H3/t12-,14-,16+,17-,18+/m0/s1. The fourth-order valence-electron chi connectivity index (χ4n) is 4.51. The van der Waals surface area contributed by atoms with Crippen molar-refractivity contribution in [1.82, 2.24) is 4.90 Å². The molecule has 4 rings (SSSR count). The van der Waals surface area contributed by atoms with Crippen molar-refractivity contribution in [2.45, 2.75) is 35.6 Å². The summed E-state index contributed by atoms with van der Waals surface area (Å²) < 4.78 is 25.0. The molecule has 1 aromatic carbocycles. The minimum Gasteiger partial charge on any atom is -0.431 e. The first kappa shape index (κ1) is 17.2. The summed E-state index contributed by atoms with van der Waals surface area (Å²) in [6.07, 6.45) is 1.18. The highest BCUT2D eigenvalue weighted by Crippen LogP contribution is 2.56. The number of ether oxygens (including phenoxy) is 2. The van der Waals surface area contributed by atoms with Crippen molar-refractivity contribution in [2.24, 2.45) is 11.8 Å². The van der Waals surface area contributed by atoms with Crippen molar-refractivity contribution in [2.75, 3.05) is 13.1 Å². The lowest BCUT2D eigenvalue weighted by Gasteiger charge is -2.48. The monoisotopic (exact) mass is 459 g/mol. The lowest BCUT2D eigenvalue weighted by Crippen LogP contribution is -2.61. The summed E-state index contributed by atoms with van der Waals surface area (Å²) >= 11 is 2.38. The van der Waals surface area contributed by atoms with Gasteiger partial charge in [0.05, 0.1) is 19.1 Å². The van der Waals surface area contributed by atoms with Gasteiger partial charge in [-0.2, -0.15) is 0 Å². The minimum atomic E-state index is -1.01. The molecule has 1 amide bonds. The van der Waals surface area contributed by atoms with Crippen LogP contribution in [-0.4, -0.2) is 45.7 Å².